The molecule has 1 amide bonds. The van der Waals surface area contributed by atoms with Gasteiger partial charge in [0.05, 0.1) is 0 Å². The van der Waals surface area contributed by atoms with E-state index < -0.39 is 0 Å². The van der Waals surface area contributed by atoms with E-state index in [9.17, 15) is 4.79 Å². The topological polar surface area (TPSA) is 29.1 Å². The molecule has 0 spiro atoms. The second kappa shape index (κ2) is 5.00. The van der Waals surface area contributed by atoms with Crippen molar-refractivity contribution in [2.24, 2.45) is 10.8 Å². The van der Waals surface area contributed by atoms with Gasteiger partial charge in [-0.3, -0.25) is 4.79 Å². The summed E-state index contributed by atoms with van der Waals surface area (Å²) in [6, 6.07) is 0.224. The predicted octanol–water partition coefficient (Wildman–Crippen LogP) is 3.36. The van der Waals surface area contributed by atoms with Gasteiger partial charge in [0.2, 0.25) is 5.91 Å². The molecular formula is C13H27NO. The Balaban J connectivity index is 4.47. The van der Waals surface area contributed by atoms with E-state index in [2.05, 4.69) is 26.1 Å². The van der Waals surface area contributed by atoms with Gasteiger partial charge in [0.1, 0.15) is 0 Å². The molecule has 2 nitrogen and oxygen atoms in total. The Morgan fingerprint density at radius 2 is 1.67 bits per heavy atom. The van der Waals surface area contributed by atoms with E-state index in [1.54, 1.807) is 0 Å². The van der Waals surface area contributed by atoms with Crippen molar-refractivity contribution in [1.29, 1.82) is 0 Å². The lowest BCUT2D eigenvalue weighted by Crippen LogP contribution is -2.42. The van der Waals surface area contributed by atoms with Gasteiger partial charge >= 0.3 is 0 Å². The van der Waals surface area contributed by atoms with Gasteiger partial charge < -0.3 is 5.32 Å². The molecule has 0 heterocycles. The van der Waals surface area contributed by atoms with Crippen LogP contribution in [0.5, 0.6) is 0 Å². The van der Waals surface area contributed by atoms with Crippen LogP contribution in [0.1, 0.15) is 61.3 Å². The Morgan fingerprint density at radius 1 is 1.20 bits per heavy atom. The summed E-state index contributed by atoms with van der Waals surface area (Å²) in [5, 5.41) is 2.99. The number of carbonyl (C=O) groups is 1. The van der Waals surface area contributed by atoms with Crippen LogP contribution in [0.3, 0.4) is 0 Å². The SMILES string of the molecule is CCC(C)(C)CC(C)(C)C(=O)NC(C)C. The molecular weight excluding hydrogens is 186 g/mol. The lowest BCUT2D eigenvalue weighted by molar-refractivity contribution is -0.131. The van der Waals surface area contributed by atoms with E-state index in [4.69, 9.17) is 0 Å². The lowest BCUT2D eigenvalue weighted by atomic mass is 9.73. The van der Waals surface area contributed by atoms with Crippen LogP contribution in [0, 0.1) is 10.8 Å². The van der Waals surface area contributed by atoms with Gasteiger partial charge in [0, 0.05) is 11.5 Å². The van der Waals surface area contributed by atoms with Gasteiger partial charge in [-0.2, -0.15) is 0 Å². The number of nitrogens with one attached hydrogen (secondary N) is 1. The molecule has 0 aromatic heterocycles. The second-order valence-electron chi connectivity index (χ2n) is 6.21. The highest BCUT2D eigenvalue weighted by atomic mass is 16.2. The van der Waals surface area contributed by atoms with E-state index in [-0.39, 0.29) is 22.8 Å². The zero-order valence-corrected chi connectivity index (χ0v) is 11.4. The Kier molecular flexibility index (Phi) is 4.82. The minimum atomic E-state index is -0.274. The number of rotatable bonds is 5. The average molecular weight is 213 g/mol. The van der Waals surface area contributed by atoms with Crippen molar-refractivity contribution in [3.63, 3.8) is 0 Å². The fourth-order valence-electron chi connectivity index (χ4n) is 1.86. The summed E-state index contributed by atoms with van der Waals surface area (Å²) >= 11 is 0. The number of hydrogen-bond donors (Lipinski definition) is 1. The van der Waals surface area contributed by atoms with Crippen LogP contribution < -0.4 is 5.32 Å². The molecule has 15 heavy (non-hydrogen) atoms. The van der Waals surface area contributed by atoms with E-state index in [0.29, 0.717) is 0 Å². The van der Waals surface area contributed by atoms with Crippen molar-refractivity contribution in [3.8, 4) is 0 Å². The minimum absolute atomic E-state index is 0.166. The molecule has 0 bridgehead atoms. The van der Waals surface area contributed by atoms with Gasteiger partial charge in [-0.05, 0) is 25.7 Å². The van der Waals surface area contributed by atoms with Crippen molar-refractivity contribution in [1.82, 2.24) is 5.32 Å². The molecule has 0 aromatic rings. The first kappa shape index (κ1) is 14.5. The minimum Gasteiger partial charge on any atom is -0.353 e. The molecule has 0 aliphatic heterocycles. The molecule has 1 N–H and O–H groups in total. The highest BCUT2D eigenvalue weighted by Gasteiger charge is 2.33. The van der Waals surface area contributed by atoms with Crippen molar-refractivity contribution in [3.05, 3.63) is 0 Å². The Labute approximate surface area is 94.8 Å². The van der Waals surface area contributed by atoms with Crippen molar-refractivity contribution >= 4 is 5.91 Å². The van der Waals surface area contributed by atoms with E-state index in [1.807, 2.05) is 27.7 Å². The van der Waals surface area contributed by atoms with Crippen molar-refractivity contribution in [2.75, 3.05) is 0 Å². The highest BCUT2D eigenvalue weighted by molar-refractivity contribution is 5.82. The van der Waals surface area contributed by atoms with Crippen LogP contribution in [0.4, 0.5) is 0 Å². The van der Waals surface area contributed by atoms with Gasteiger partial charge in [0.25, 0.3) is 0 Å². The third kappa shape index (κ3) is 5.19. The molecule has 90 valence electrons. The first-order valence-corrected chi connectivity index (χ1v) is 5.92. The average Bonchev–Trinajstić information content (AvgIpc) is 2.01. The maximum absolute atomic E-state index is 12.0. The van der Waals surface area contributed by atoms with Crippen LogP contribution in [0.2, 0.25) is 0 Å². The summed E-state index contributed by atoms with van der Waals surface area (Å²) in [6.07, 6.45) is 2.03. The van der Waals surface area contributed by atoms with E-state index in [1.165, 1.54) is 0 Å². The van der Waals surface area contributed by atoms with Crippen LogP contribution in [-0.4, -0.2) is 11.9 Å². The quantitative estimate of drug-likeness (QED) is 0.745. The standard InChI is InChI=1S/C13H27NO/c1-8-12(4,5)9-13(6,7)11(15)14-10(2)3/h10H,8-9H2,1-7H3,(H,14,15). The molecule has 0 aliphatic rings. The third-order valence-electron chi connectivity index (χ3n) is 2.91. The van der Waals surface area contributed by atoms with Crippen molar-refractivity contribution in [2.45, 2.75) is 67.3 Å². The molecule has 0 atom stereocenters. The van der Waals surface area contributed by atoms with Crippen LogP contribution in [-0.2, 0) is 4.79 Å². The largest absolute Gasteiger partial charge is 0.353 e. The normalized spacial score (nSPS) is 13.1. The summed E-state index contributed by atoms with van der Waals surface area (Å²) in [5.41, 5.74) is -0.0401. The zero-order valence-electron chi connectivity index (χ0n) is 11.4. The highest BCUT2D eigenvalue weighted by Crippen LogP contribution is 2.36. The Morgan fingerprint density at radius 3 is 2.00 bits per heavy atom. The van der Waals surface area contributed by atoms with E-state index >= 15 is 0 Å². The molecule has 0 unspecified atom stereocenters. The fourth-order valence-corrected chi connectivity index (χ4v) is 1.86. The predicted molar refractivity (Wildman–Crippen MR) is 65.7 cm³/mol. The summed E-state index contributed by atoms with van der Waals surface area (Å²) in [4.78, 5) is 12.0. The molecule has 0 aliphatic carbocycles. The number of hydrogen-bond acceptors (Lipinski definition) is 1. The Bertz CT molecular complexity index is 217. The number of amides is 1. The van der Waals surface area contributed by atoms with Gasteiger partial charge in [0.15, 0.2) is 0 Å². The Hall–Kier alpha value is -0.530. The maximum atomic E-state index is 12.0. The van der Waals surface area contributed by atoms with Gasteiger partial charge in [-0.25, -0.2) is 0 Å². The molecule has 0 rings (SSSR count). The summed E-state index contributed by atoms with van der Waals surface area (Å²) in [6.45, 7) is 14.7. The lowest BCUT2D eigenvalue weighted by Gasteiger charge is -2.33. The first-order valence-electron chi connectivity index (χ1n) is 5.92. The van der Waals surface area contributed by atoms with Crippen molar-refractivity contribution < 1.29 is 4.79 Å². The summed E-state index contributed by atoms with van der Waals surface area (Å²) in [7, 11) is 0. The first-order chi connectivity index (χ1) is 6.60. The third-order valence-corrected chi connectivity index (χ3v) is 2.91. The number of carbonyl (C=O) groups excluding carboxylic acids is 1. The van der Waals surface area contributed by atoms with Crippen LogP contribution in [0.15, 0.2) is 0 Å². The zero-order chi connectivity index (χ0) is 12.3. The monoisotopic (exact) mass is 213 g/mol. The fraction of sp³-hybridized carbons (Fsp3) is 0.923. The maximum Gasteiger partial charge on any atom is 0.225 e. The molecule has 0 fully saturated rings. The smallest absolute Gasteiger partial charge is 0.225 e. The van der Waals surface area contributed by atoms with Gasteiger partial charge in [-0.1, -0.05) is 41.0 Å². The van der Waals surface area contributed by atoms with Gasteiger partial charge in [-0.15, -0.1) is 0 Å². The summed E-state index contributed by atoms with van der Waals surface area (Å²) < 4.78 is 0. The molecule has 2 heteroatoms. The summed E-state index contributed by atoms with van der Waals surface area (Å²) in [5.74, 6) is 0.166. The molecule has 0 aromatic carbocycles. The second-order valence-corrected chi connectivity index (χ2v) is 6.21. The molecule has 0 radical (unpaired) electrons. The molecule has 0 saturated carbocycles. The molecule has 0 saturated heterocycles. The van der Waals surface area contributed by atoms with Crippen LogP contribution >= 0.6 is 0 Å². The van der Waals surface area contributed by atoms with Crippen LogP contribution in [0.25, 0.3) is 0 Å². The van der Waals surface area contributed by atoms with E-state index in [0.717, 1.165) is 12.8 Å².